The molecule has 0 fully saturated rings. The first-order valence-electron chi connectivity index (χ1n) is 53.0. The van der Waals surface area contributed by atoms with Gasteiger partial charge in [-0.25, -0.2) is 0 Å². The molecule has 0 spiro atoms. The van der Waals surface area contributed by atoms with Gasteiger partial charge in [0.1, 0.15) is 0 Å². The van der Waals surface area contributed by atoms with E-state index >= 15 is 0 Å². The molecule has 0 unspecified atom stereocenters. The van der Waals surface area contributed by atoms with Crippen LogP contribution >= 0.6 is 0 Å². The molecule has 0 atom stereocenters. The summed E-state index contributed by atoms with van der Waals surface area (Å²) in [5.41, 5.74) is 33.8. The van der Waals surface area contributed by atoms with E-state index in [0.717, 1.165) is 68.2 Å². The standard InChI is InChI=1S/C50H48N2.C48H48N2Si2.C44H36N2/c1-33-11-9-13-43(27-33)51(41-23-19-39(20-24-41)49(3,4)5)45-29-35-15-17-37-31-46(32-38-18-16-36(30-45)47(35)48(37)38)52(44-14-10-12-34(2)28-44)42-25-21-40(22-26-42)50(6,7)8;1-33-11-9-13-41(27-33)49(39-19-23-45(24-20-39)51(3,4)5)43-29-35-15-17-37-31-44(32-38-18-16-36(30-43)47(35)48(37)38)50(42-14-10-12-34(2)28-42)40-21-25-46(26-22-40)52(6,7)8;1-29-5-17-37(18-6-29)45(38-19-7-30(2)8-20-38)41-25-33-13-15-35-27-42(28-36-16-14-34(26-41)43(33)44(35)36)46(39-21-9-31(3)10-22-39)40-23-11-32(4)12-24-40/h2*9-32H,1-8H3;5-28H,1-4H3. The fourth-order valence-electron chi connectivity index (χ4n) is 22.2. The van der Waals surface area contributed by atoms with Crippen LogP contribution in [0.2, 0.25) is 39.3 Å². The SMILES string of the molecule is Cc1ccc(N(c2ccc(C)cc2)c2cc3ccc4cc(N(c5ccc(C)cc5)c5ccc(C)cc5)cc5ccc(c2)c3c45)cc1.Cc1cccc(N(c2ccc(C(C)(C)C)cc2)c2cc3ccc4cc(N(c5ccc(C(C)(C)C)cc5)c5cccc(C)c5)cc5ccc(c2)c3c45)c1.Cc1cccc(N(c2ccc([Si](C)(C)C)cc2)c2cc3ccc4cc(N(c5ccc([Si](C)(C)C)cc5)c5cccc(C)c5)cc5ccc(c2)c3c45)c1. The van der Waals surface area contributed by atoms with Gasteiger partial charge in [-0.05, 0) is 415 Å². The quantitative estimate of drug-likeness (QED) is 0.0556. The summed E-state index contributed by atoms with van der Waals surface area (Å²) in [6.45, 7) is 45.3. The van der Waals surface area contributed by atoms with Gasteiger partial charge in [-0.2, -0.15) is 0 Å². The Morgan fingerprint density at radius 1 is 0.140 bits per heavy atom. The largest absolute Gasteiger partial charge is 0.310 e. The third kappa shape index (κ3) is 19.7. The molecule has 150 heavy (non-hydrogen) atoms. The Morgan fingerprint density at radius 2 is 0.287 bits per heavy atom. The number of aryl methyl sites for hydroxylation is 8. The second-order valence-electron chi connectivity index (χ2n) is 45.9. The number of rotatable bonds is 20. The van der Waals surface area contributed by atoms with Gasteiger partial charge in [0, 0.05) is 102 Å². The molecule has 0 amide bonds. The lowest BCUT2D eigenvalue weighted by atomic mass is 9.87. The van der Waals surface area contributed by atoms with Crippen molar-refractivity contribution in [3.8, 4) is 0 Å². The first-order valence-corrected chi connectivity index (χ1v) is 60.0. The highest BCUT2D eigenvalue weighted by Gasteiger charge is 2.29. The fraction of sp³-hybridized carbons (Fsp3) is 0.155. The monoisotopic (exact) mass is 1980 g/mol. The number of benzene rings is 24. The van der Waals surface area contributed by atoms with E-state index in [-0.39, 0.29) is 10.8 Å². The highest BCUT2D eigenvalue weighted by molar-refractivity contribution is 6.89. The second kappa shape index (κ2) is 39.4. The van der Waals surface area contributed by atoms with Crippen LogP contribution < -0.4 is 39.8 Å². The van der Waals surface area contributed by atoms with Crippen LogP contribution in [0, 0.1) is 55.4 Å². The number of anilines is 18. The summed E-state index contributed by atoms with van der Waals surface area (Å²) in [5, 5.41) is 25.8. The van der Waals surface area contributed by atoms with E-state index in [0.29, 0.717) is 0 Å². The van der Waals surface area contributed by atoms with Crippen molar-refractivity contribution in [3.63, 3.8) is 0 Å². The van der Waals surface area contributed by atoms with Gasteiger partial charge in [0.15, 0.2) is 0 Å². The molecule has 0 aliphatic carbocycles. The summed E-state index contributed by atoms with van der Waals surface area (Å²) in [6, 6.07) is 163. The summed E-state index contributed by atoms with van der Waals surface area (Å²) in [5.74, 6) is 0. The van der Waals surface area contributed by atoms with Gasteiger partial charge in [-0.1, -0.05) is 332 Å². The van der Waals surface area contributed by atoms with Crippen molar-refractivity contribution < 1.29 is 0 Å². The second-order valence-corrected chi connectivity index (χ2v) is 56.0. The van der Waals surface area contributed by atoms with Crippen molar-refractivity contribution >= 4 is 226 Å². The summed E-state index contributed by atoms with van der Waals surface area (Å²) >= 11 is 0. The molecule has 0 heterocycles. The maximum absolute atomic E-state index is 2.42. The minimum atomic E-state index is -1.42. The van der Waals surface area contributed by atoms with Gasteiger partial charge in [-0.3, -0.25) is 0 Å². The van der Waals surface area contributed by atoms with Gasteiger partial charge < -0.3 is 29.4 Å². The molecular formula is C142H132N6Si2. The minimum absolute atomic E-state index is 0.0944. The molecule has 0 saturated carbocycles. The lowest BCUT2D eigenvalue weighted by Gasteiger charge is -2.29. The molecule has 0 saturated heterocycles. The molecular weight excluding hydrogens is 1850 g/mol. The molecule has 24 aromatic rings. The normalized spacial score (nSPS) is 12.0. The Balaban J connectivity index is 0.000000127. The van der Waals surface area contributed by atoms with Gasteiger partial charge in [0.05, 0.1) is 16.1 Å². The van der Waals surface area contributed by atoms with Crippen LogP contribution in [0.5, 0.6) is 0 Å². The van der Waals surface area contributed by atoms with Gasteiger partial charge in [-0.15, -0.1) is 0 Å². The van der Waals surface area contributed by atoms with Crippen LogP contribution in [0.25, 0.3) is 97.0 Å². The summed E-state index contributed by atoms with van der Waals surface area (Å²) < 4.78 is 0. The maximum atomic E-state index is 2.42. The smallest absolute Gasteiger partial charge is 0.0775 e. The molecule has 24 rings (SSSR count). The molecule has 6 nitrogen and oxygen atoms in total. The Bertz CT molecular complexity index is 7920. The zero-order chi connectivity index (χ0) is 104. The van der Waals surface area contributed by atoms with Crippen molar-refractivity contribution in [2.75, 3.05) is 29.4 Å². The van der Waals surface area contributed by atoms with Crippen LogP contribution in [0.15, 0.2) is 437 Å². The molecule has 0 bridgehead atoms. The molecule has 0 aliphatic heterocycles. The zero-order valence-corrected chi connectivity index (χ0v) is 92.3. The highest BCUT2D eigenvalue weighted by Crippen LogP contribution is 2.52. The van der Waals surface area contributed by atoms with Crippen molar-refractivity contribution in [1.82, 2.24) is 0 Å². The lowest BCUT2D eigenvalue weighted by Crippen LogP contribution is -2.37. The third-order valence-corrected chi connectivity index (χ3v) is 34.4. The zero-order valence-electron chi connectivity index (χ0n) is 90.3. The summed E-state index contributed by atoms with van der Waals surface area (Å²) in [7, 11) is -2.84. The number of hydrogen-bond acceptors (Lipinski definition) is 6. The Kier molecular flexibility index (Phi) is 25.8. The fourth-order valence-corrected chi connectivity index (χ4v) is 24.5. The topological polar surface area (TPSA) is 19.4 Å². The highest BCUT2D eigenvalue weighted by atomic mass is 28.3. The van der Waals surface area contributed by atoms with Crippen LogP contribution in [0.1, 0.15) is 97.2 Å². The molecule has 8 heteroatoms. The van der Waals surface area contributed by atoms with E-state index < -0.39 is 16.1 Å². The molecule has 0 N–H and O–H groups in total. The van der Waals surface area contributed by atoms with Crippen molar-refractivity contribution in [1.29, 1.82) is 0 Å². The molecule has 0 radical (unpaired) electrons. The maximum Gasteiger partial charge on any atom is 0.0775 e. The van der Waals surface area contributed by atoms with E-state index in [1.54, 1.807) is 0 Å². The number of hydrogen-bond donors (Lipinski definition) is 0. The van der Waals surface area contributed by atoms with Crippen LogP contribution in [-0.2, 0) is 10.8 Å². The Morgan fingerprint density at radius 3 is 0.433 bits per heavy atom. The molecule has 0 aromatic heterocycles. The van der Waals surface area contributed by atoms with E-state index in [4.69, 9.17) is 0 Å². The minimum Gasteiger partial charge on any atom is -0.310 e. The first-order chi connectivity index (χ1) is 72.1. The number of nitrogens with zero attached hydrogens (tertiary/aromatic N) is 6. The van der Waals surface area contributed by atoms with E-state index in [1.165, 1.54) is 197 Å². The molecule has 24 aromatic carbocycles. The predicted molar refractivity (Wildman–Crippen MR) is 660 cm³/mol. The Hall–Kier alpha value is -16.4. The van der Waals surface area contributed by atoms with Gasteiger partial charge >= 0.3 is 0 Å². The predicted octanol–water partition coefficient (Wildman–Crippen LogP) is 40.7. The lowest BCUT2D eigenvalue weighted by molar-refractivity contribution is 0.590. The van der Waals surface area contributed by atoms with E-state index in [2.05, 4.69) is 602 Å². The summed E-state index contributed by atoms with van der Waals surface area (Å²) in [6.07, 6.45) is 0. The van der Waals surface area contributed by atoms with Crippen molar-refractivity contribution in [2.45, 2.75) is 147 Å². The Labute approximate surface area is 888 Å². The van der Waals surface area contributed by atoms with E-state index in [1.807, 2.05) is 0 Å². The first kappa shape index (κ1) is 98.3. The molecule has 0 aliphatic rings. The van der Waals surface area contributed by atoms with Crippen molar-refractivity contribution in [3.05, 3.63) is 492 Å². The van der Waals surface area contributed by atoms with E-state index in [9.17, 15) is 0 Å². The molecule has 738 valence electrons. The third-order valence-electron chi connectivity index (χ3n) is 30.2. The van der Waals surface area contributed by atoms with Crippen LogP contribution in [0.4, 0.5) is 102 Å². The average molecular weight is 1980 g/mol. The summed E-state index contributed by atoms with van der Waals surface area (Å²) in [4.78, 5) is 14.4. The average Bonchev–Trinajstić information content (AvgIpc) is 0.730. The van der Waals surface area contributed by atoms with Gasteiger partial charge in [0.2, 0.25) is 0 Å². The van der Waals surface area contributed by atoms with Crippen LogP contribution in [0.3, 0.4) is 0 Å². The van der Waals surface area contributed by atoms with Crippen LogP contribution in [-0.4, -0.2) is 16.1 Å². The van der Waals surface area contributed by atoms with Crippen molar-refractivity contribution in [2.24, 2.45) is 0 Å². The van der Waals surface area contributed by atoms with Gasteiger partial charge in [0.25, 0.3) is 0 Å².